The summed E-state index contributed by atoms with van der Waals surface area (Å²) < 4.78 is 10.5. The van der Waals surface area contributed by atoms with Crippen molar-refractivity contribution in [3.63, 3.8) is 0 Å². The van der Waals surface area contributed by atoms with Crippen molar-refractivity contribution in [1.82, 2.24) is 4.98 Å². The highest BCUT2D eigenvalue weighted by atomic mass is 16.5. The summed E-state index contributed by atoms with van der Waals surface area (Å²) in [5.41, 5.74) is 0.870. The topological polar surface area (TPSA) is 51.6 Å². The summed E-state index contributed by atoms with van der Waals surface area (Å²) in [5.74, 6) is 0.778. The second kappa shape index (κ2) is 6.34. The van der Waals surface area contributed by atoms with E-state index in [1.807, 2.05) is 19.1 Å². The second-order valence-corrected chi connectivity index (χ2v) is 2.77. The van der Waals surface area contributed by atoms with Crippen LogP contribution in [-0.2, 0) is 4.74 Å². The van der Waals surface area contributed by atoms with E-state index in [0.717, 1.165) is 11.4 Å². The summed E-state index contributed by atoms with van der Waals surface area (Å²) in [4.78, 5) is 4.09. The minimum atomic E-state index is 0.0475. The van der Waals surface area contributed by atoms with Gasteiger partial charge in [0.25, 0.3) is 0 Å². The number of hydrogen-bond donors (Lipinski definition) is 1. The van der Waals surface area contributed by atoms with Crippen LogP contribution in [0.25, 0.3) is 0 Å². The lowest BCUT2D eigenvalue weighted by molar-refractivity contribution is 0.0703. The second-order valence-electron chi connectivity index (χ2n) is 2.77. The van der Waals surface area contributed by atoms with Gasteiger partial charge < -0.3 is 14.6 Å². The van der Waals surface area contributed by atoms with Gasteiger partial charge in [0.05, 0.1) is 25.5 Å². The molecule has 0 aliphatic carbocycles. The lowest BCUT2D eigenvalue weighted by atomic mass is 10.3. The number of aryl methyl sites for hydroxylation is 1. The molecule has 4 heteroatoms. The van der Waals surface area contributed by atoms with Gasteiger partial charge in [-0.1, -0.05) is 0 Å². The normalized spacial score (nSPS) is 10.1. The van der Waals surface area contributed by atoms with Gasteiger partial charge in [-0.05, 0) is 19.1 Å². The van der Waals surface area contributed by atoms with E-state index in [2.05, 4.69) is 4.98 Å². The van der Waals surface area contributed by atoms with Gasteiger partial charge in [-0.15, -0.1) is 0 Å². The zero-order valence-corrected chi connectivity index (χ0v) is 8.27. The number of aromatic nitrogens is 1. The summed E-state index contributed by atoms with van der Waals surface area (Å²) in [7, 11) is 0. The molecule has 0 atom stereocenters. The lowest BCUT2D eigenvalue weighted by Gasteiger charge is -2.07. The summed E-state index contributed by atoms with van der Waals surface area (Å²) >= 11 is 0. The van der Waals surface area contributed by atoms with Crippen molar-refractivity contribution in [2.75, 3.05) is 26.4 Å². The average Bonchev–Trinajstić information content (AvgIpc) is 2.20. The fraction of sp³-hybridized carbons (Fsp3) is 0.500. The Balaban J connectivity index is 2.21. The van der Waals surface area contributed by atoms with Crippen LogP contribution in [0.4, 0.5) is 0 Å². The van der Waals surface area contributed by atoms with E-state index in [1.165, 1.54) is 0 Å². The molecular formula is C10H15NO3. The Morgan fingerprint density at radius 2 is 2.21 bits per heavy atom. The molecule has 0 aliphatic rings. The average molecular weight is 197 g/mol. The van der Waals surface area contributed by atoms with Crippen molar-refractivity contribution >= 4 is 0 Å². The minimum absolute atomic E-state index is 0.0475. The summed E-state index contributed by atoms with van der Waals surface area (Å²) in [5, 5.41) is 8.45. The number of nitrogens with zero attached hydrogens (tertiary/aromatic N) is 1. The monoisotopic (exact) mass is 197 g/mol. The van der Waals surface area contributed by atoms with Crippen LogP contribution in [0.1, 0.15) is 5.69 Å². The summed E-state index contributed by atoms with van der Waals surface area (Å²) in [6, 6.07) is 3.70. The molecule has 4 nitrogen and oxygen atoms in total. The van der Waals surface area contributed by atoms with Crippen LogP contribution < -0.4 is 4.74 Å². The molecule has 0 bridgehead atoms. The van der Waals surface area contributed by atoms with Gasteiger partial charge in [0, 0.05) is 6.20 Å². The molecule has 1 aromatic heterocycles. The summed E-state index contributed by atoms with van der Waals surface area (Å²) in [6.45, 7) is 3.26. The number of pyridine rings is 1. The van der Waals surface area contributed by atoms with Crippen LogP contribution in [0.2, 0.25) is 0 Å². The van der Waals surface area contributed by atoms with E-state index in [4.69, 9.17) is 14.6 Å². The lowest BCUT2D eigenvalue weighted by Crippen LogP contribution is -2.09. The zero-order valence-electron chi connectivity index (χ0n) is 8.27. The van der Waals surface area contributed by atoms with E-state index in [0.29, 0.717) is 19.8 Å². The third-order valence-electron chi connectivity index (χ3n) is 1.68. The van der Waals surface area contributed by atoms with E-state index >= 15 is 0 Å². The predicted octanol–water partition coefficient (Wildman–Crippen LogP) is 0.778. The number of hydrogen-bond acceptors (Lipinski definition) is 4. The molecule has 1 N–H and O–H groups in total. The Kier molecular flexibility index (Phi) is 4.96. The molecule has 14 heavy (non-hydrogen) atoms. The van der Waals surface area contributed by atoms with E-state index in [1.54, 1.807) is 6.20 Å². The van der Waals surface area contributed by atoms with Crippen molar-refractivity contribution in [2.45, 2.75) is 6.92 Å². The fourth-order valence-corrected chi connectivity index (χ4v) is 0.999. The number of aliphatic hydroxyl groups excluding tert-OH is 1. The molecule has 78 valence electrons. The maximum absolute atomic E-state index is 8.45. The largest absolute Gasteiger partial charge is 0.489 e. The minimum Gasteiger partial charge on any atom is -0.489 e. The standard InChI is InChI=1S/C10H15NO3/c1-9-10(3-2-4-11-9)14-8-7-13-6-5-12/h2-4,12H,5-8H2,1H3. The first-order chi connectivity index (χ1) is 6.84. The Bertz CT molecular complexity index is 265. The van der Waals surface area contributed by atoms with Gasteiger partial charge in [0.15, 0.2) is 0 Å². The molecule has 0 unspecified atom stereocenters. The van der Waals surface area contributed by atoms with Crippen molar-refractivity contribution in [1.29, 1.82) is 0 Å². The first-order valence-electron chi connectivity index (χ1n) is 4.57. The maximum atomic E-state index is 8.45. The molecule has 0 saturated heterocycles. The van der Waals surface area contributed by atoms with E-state index in [9.17, 15) is 0 Å². The van der Waals surface area contributed by atoms with Gasteiger partial charge >= 0.3 is 0 Å². The SMILES string of the molecule is Cc1ncccc1OCCOCCO. The predicted molar refractivity (Wildman–Crippen MR) is 52.4 cm³/mol. The van der Waals surface area contributed by atoms with Crippen molar-refractivity contribution in [2.24, 2.45) is 0 Å². The highest BCUT2D eigenvalue weighted by molar-refractivity contribution is 5.25. The highest BCUT2D eigenvalue weighted by Gasteiger charge is 1.97. The zero-order chi connectivity index (χ0) is 10.2. The van der Waals surface area contributed by atoms with Crippen LogP contribution in [-0.4, -0.2) is 36.5 Å². The van der Waals surface area contributed by atoms with E-state index < -0.39 is 0 Å². The molecule has 0 radical (unpaired) electrons. The van der Waals surface area contributed by atoms with Crippen LogP contribution in [0.15, 0.2) is 18.3 Å². The van der Waals surface area contributed by atoms with Crippen molar-refractivity contribution < 1.29 is 14.6 Å². The highest BCUT2D eigenvalue weighted by Crippen LogP contribution is 2.12. The molecule has 1 rings (SSSR count). The van der Waals surface area contributed by atoms with Gasteiger partial charge in [-0.3, -0.25) is 4.98 Å². The summed E-state index contributed by atoms with van der Waals surface area (Å²) in [6.07, 6.45) is 1.73. The quantitative estimate of drug-likeness (QED) is 0.685. The van der Waals surface area contributed by atoms with Gasteiger partial charge in [-0.2, -0.15) is 0 Å². The Labute approximate surface area is 83.5 Å². The van der Waals surface area contributed by atoms with Gasteiger partial charge in [0.1, 0.15) is 12.4 Å². The molecule has 1 heterocycles. The molecule has 0 spiro atoms. The maximum Gasteiger partial charge on any atom is 0.140 e. The van der Waals surface area contributed by atoms with Crippen molar-refractivity contribution in [3.05, 3.63) is 24.0 Å². The Morgan fingerprint density at radius 1 is 1.36 bits per heavy atom. The first-order valence-corrected chi connectivity index (χ1v) is 4.57. The van der Waals surface area contributed by atoms with Crippen LogP contribution in [0.5, 0.6) is 5.75 Å². The van der Waals surface area contributed by atoms with Gasteiger partial charge in [-0.25, -0.2) is 0 Å². The third-order valence-corrected chi connectivity index (χ3v) is 1.68. The molecule has 0 saturated carbocycles. The van der Waals surface area contributed by atoms with Crippen LogP contribution in [0.3, 0.4) is 0 Å². The molecule has 0 aliphatic heterocycles. The van der Waals surface area contributed by atoms with Crippen molar-refractivity contribution in [3.8, 4) is 5.75 Å². The van der Waals surface area contributed by atoms with Crippen LogP contribution >= 0.6 is 0 Å². The Hall–Kier alpha value is -1.13. The third kappa shape index (κ3) is 3.72. The number of rotatable bonds is 6. The first kappa shape index (κ1) is 10.9. The smallest absolute Gasteiger partial charge is 0.140 e. The number of ether oxygens (including phenoxy) is 2. The number of aliphatic hydroxyl groups is 1. The van der Waals surface area contributed by atoms with Gasteiger partial charge in [0.2, 0.25) is 0 Å². The molecule has 0 fully saturated rings. The molecule has 1 aromatic rings. The molecule has 0 amide bonds. The molecule has 0 aromatic carbocycles. The fourth-order valence-electron chi connectivity index (χ4n) is 0.999. The Morgan fingerprint density at radius 3 is 2.93 bits per heavy atom. The molecular weight excluding hydrogens is 182 g/mol. The van der Waals surface area contributed by atoms with E-state index in [-0.39, 0.29) is 6.61 Å². The van der Waals surface area contributed by atoms with Crippen LogP contribution in [0, 0.1) is 6.92 Å².